The van der Waals surface area contributed by atoms with Crippen molar-refractivity contribution >= 4 is 17.7 Å². The van der Waals surface area contributed by atoms with E-state index in [0.717, 1.165) is 23.3 Å². The quantitative estimate of drug-likeness (QED) is 0.459. The number of carbonyl (C=O) groups excluding carboxylic acids is 3. The Balaban J connectivity index is 1.39. The SMILES string of the molecule is COc1ccc(CNC(=O)[C@@H]2[C@H]3C(=O)N(CCC(C)C)[C@@H](C(=O)NCc4ccccc4)[C@@]34C=C[C@@]2(C)O4)cc1. The summed E-state index contributed by atoms with van der Waals surface area (Å²) < 4.78 is 11.8. The van der Waals surface area contributed by atoms with E-state index in [2.05, 4.69) is 24.5 Å². The number of nitrogens with zero attached hydrogens (tertiary/aromatic N) is 1. The number of ether oxygens (including phenoxy) is 2. The first kappa shape index (κ1) is 26.9. The zero-order valence-electron chi connectivity index (χ0n) is 23.0. The number of hydrogen-bond acceptors (Lipinski definition) is 5. The highest BCUT2D eigenvalue weighted by molar-refractivity contribution is 6.00. The second kappa shape index (κ2) is 10.5. The zero-order valence-corrected chi connectivity index (χ0v) is 23.0. The first-order chi connectivity index (χ1) is 18.7. The van der Waals surface area contributed by atoms with Gasteiger partial charge in [0.15, 0.2) is 0 Å². The van der Waals surface area contributed by atoms with E-state index in [9.17, 15) is 14.4 Å². The minimum Gasteiger partial charge on any atom is -0.497 e. The largest absolute Gasteiger partial charge is 0.497 e. The molecule has 8 heteroatoms. The summed E-state index contributed by atoms with van der Waals surface area (Å²) in [5, 5.41) is 6.03. The fourth-order valence-electron chi connectivity index (χ4n) is 6.19. The van der Waals surface area contributed by atoms with Gasteiger partial charge in [-0.05, 0) is 42.5 Å². The van der Waals surface area contributed by atoms with Crippen molar-refractivity contribution in [2.75, 3.05) is 13.7 Å². The lowest BCUT2D eigenvalue weighted by Crippen LogP contribution is -2.54. The molecule has 0 saturated carbocycles. The third kappa shape index (κ3) is 4.82. The first-order valence-corrected chi connectivity index (χ1v) is 13.6. The summed E-state index contributed by atoms with van der Waals surface area (Å²) in [5.41, 5.74) is -0.288. The number of likely N-dealkylation sites (tertiary alicyclic amines) is 1. The normalized spacial score (nSPS) is 28.6. The maximum atomic E-state index is 14.0. The number of nitrogens with one attached hydrogen (secondary N) is 2. The standard InChI is InChI=1S/C31H37N3O5/c1-20(2)14-17-34-26(28(36)33-18-21-8-6-5-7-9-21)31-16-15-30(3,39-31)24(25(31)29(34)37)27(35)32-19-22-10-12-23(38-4)13-11-22/h5-13,15-16,20,24-26H,14,17-19H2,1-4H3,(H,32,35)(H,33,36)/t24-,25-,26-,30+,31+/m0/s1. The lowest BCUT2D eigenvalue weighted by atomic mass is 9.70. The maximum absolute atomic E-state index is 14.0. The van der Waals surface area contributed by atoms with E-state index in [-0.39, 0.29) is 17.7 Å². The molecular formula is C31H37N3O5. The monoisotopic (exact) mass is 531 g/mol. The lowest BCUT2D eigenvalue weighted by Gasteiger charge is -2.33. The van der Waals surface area contributed by atoms with Crippen molar-refractivity contribution in [2.24, 2.45) is 17.8 Å². The Morgan fingerprint density at radius 1 is 0.974 bits per heavy atom. The molecule has 2 aromatic rings. The van der Waals surface area contributed by atoms with Crippen LogP contribution in [-0.4, -0.2) is 53.5 Å². The number of fused-ring (bicyclic) bond motifs is 1. The minimum absolute atomic E-state index is 0.201. The molecule has 206 valence electrons. The highest BCUT2D eigenvalue weighted by atomic mass is 16.5. The van der Waals surface area contributed by atoms with Crippen LogP contribution in [-0.2, 0) is 32.2 Å². The molecular weight excluding hydrogens is 494 g/mol. The van der Waals surface area contributed by atoms with Gasteiger partial charge in [0.1, 0.15) is 17.4 Å². The van der Waals surface area contributed by atoms with E-state index < -0.39 is 29.1 Å². The summed E-state index contributed by atoms with van der Waals surface area (Å²) in [4.78, 5) is 43.1. The average molecular weight is 532 g/mol. The van der Waals surface area contributed by atoms with Crippen LogP contribution < -0.4 is 15.4 Å². The van der Waals surface area contributed by atoms with Gasteiger partial charge in [0.05, 0.1) is 24.5 Å². The molecule has 3 aliphatic rings. The van der Waals surface area contributed by atoms with E-state index in [1.54, 1.807) is 12.0 Å². The van der Waals surface area contributed by atoms with E-state index in [4.69, 9.17) is 9.47 Å². The van der Waals surface area contributed by atoms with Gasteiger partial charge in [-0.25, -0.2) is 0 Å². The van der Waals surface area contributed by atoms with Crippen LogP contribution in [0, 0.1) is 17.8 Å². The minimum atomic E-state index is -1.19. The molecule has 3 amide bonds. The molecule has 0 aromatic heterocycles. The van der Waals surface area contributed by atoms with Gasteiger partial charge in [0.25, 0.3) is 0 Å². The Labute approximate surface area is 229 Å². The second-order valence-corrected chi connectivity index (χ2v) is 11.3. The molecule has 3 heterocycles. The van der Waals surface area contributed by atoms with Crippen LogP contribution in [0.3, 0.4) is 0 Å². The van der Waals surface area contributed by atoms with Crippen molar-refractivity contribution in [1.82, 2.24) is 15.5 Å². The molecule has 2 saturated heterocycles. The third-order valence-corrected chi connectivity index (χ3v) is 8.21. The first-order valence-electron chi connectivity index (χ1n) is 13.6. The van der Waals surface area contributed by atoms with Crippen LogP contribution in [0.25, 0.3) is 0 Å². The number of benzene rings is 2. The Morgan fingerprint density at radius 3 is 2.26 bits per heavy atom. The highest BCUT2D eigenvalue weighted by Gasteiger charge is 2.76. The van der Waals surface area contributed by atoms with Crippen LogP contribution in [0.5, 0.6) is 5.75 Å². The van der Waals surface area contributed by atoms with Crippen molar-refractivity contribution in [1.29, 1.82) is 0 Å². The second-order valence-electron chi connectivity index (χ2n) is 11.3. The van der Waals surface area contributed by atoms with E-state index in [1.165, 1.54) is 0 Å². The van der Waals surface area contributed by atoms with Crippen LogP contribution in [0.2, 0.25) is 0 Å². The maximum Gasteiger partial charge on any atom is 0.246 e. The van der Waals surface area contributed by atoms with Gasteiger partial charge in [-0.15, -0.1) is 0 Å². The molecule has 5 rings (SSSR count). The number of methoxy groups -OCH3 is 1. The third-order valence-electron chi connectivity index (χ3n) is 8.21. The summed E-state index contributed by atoms with van der Waals surface area (Å²) in [6, 6.07) is 16.3. The fraction of sp³-hybridized carbons (Fsp3) is 0.452. The van der Waals surface area contributed by atoms with Crippen LogP contribution in [0.15, 0.2) is 66.7 Å². The topological polar surface area (TPSA) is 97.0 Å². The molecule has 39 heavy (non-hydrogen) atoms. The van der Waals surface area contributed by atoms with Crippen molar-refractivity contribution in [3.05, 3.63) is 77.9 Å². The van der Waals surface area contributed by atoms with E-state index in [1.807, 2.05) is 73.7 Å². The Bertz CT molecular complexity index is 1260. The molecule has 1 spiro atoms. The van der Waals surface area contributed by atoms with Crippen LogP contribution in [0.1, 0.15) is 38.3 Å². The summed E-state index contributed by atoms with van der Waals surface area (Å²) in [6.07, 6.45) is 4.45. The molecule has 2 bridgehead atoms. The van der Waals surface area contributed by atoms with Gasteiger partial charge in [-0.2, -0.15) is 0 Å². The van der Waals surface area contributed by atoms with Gasteiger partial charge in [-0.3, -0.25) is 14.4 Å². The van der Waals surface area contributed by atoms with E-state index in [0.29, 0.717) is 25.6 Å². The molecule has 5 atom stereocenters. The molecule has 0 unspecified atom stereocenters. The van der Waals surface area contributed by atoms with Crippen molar-refractivity contribution in [2.45, 2.75) is 57.5 Å². The molecule has 0 radical (unpaired) electrons. The smallest absolute Gasteiger partial charge is 0.246 e. The number of carbonyl (C=O) groups is 3. The molecule has 0 aliphatic carbocycles. The fourth-order valence-corrected chi connectivity index (χ4v) is 6.19. The van der Waals surface area contributed by atoms with E-state index >= 15 is 0 Å². The van der Waals surface area contributed by atoms with Crippen LogP contribution in [0.4, 0.5) is 0 Å². The molecule has 2 N–H and O–H groups in total. The van der Waals surface area contributed by atoms with Crippen molar-refractivity contribution in [3.63, 3.8) is 0 Å². The molecule has 2 fully saturated rings. The Hall–Kier alpha value is -3.65. The van der Waals surface area contributed by atoms with Gasteiger partial charge in [0, 0.05) is 19.6 Å². The molecule has 3 aliphatic heterocycles. The summed E-state index contributed by atoms with van der Waals surface area (Å²) in [7, 11) is 1.61. The average Bonchev–Trinajstić information content (AvgIpc) is 3.50. The lowest BCUT2D eigenvalue weighted by molar-refractivity contribution is -0.145. The van der Waals surface area contributed by atoms with Gasteiger partial charge < -0.3 is 25.0 Å². The van der Waals surface area contributed by atoms with Crippen LogP contribution >= 0.6 is 0 Å². The van der Waals surface area contributed by atoms with Crippen molar-refractivity contribution in [3.8, 4) is 5.75 Å². The number of rotatable bonds is 10. The van der Waals surface area contributed by atoms with Gasteiger partial charge in [-0.1, -0.05) is 68.5 Å². The predicted molar refractivity (Wildman–Crippen MR) is 146 cm³/mol. The Morgan fingerprint density at radius 2 is 1.62 bits per heavy atom. The predicted octanol–water partition coefficient (Wildman–Crippen LogP) is 3.21. The van der Waals surface area contributed by atoms with Crippen molar-refractivity contribution < 1.29 is 23.9 Å². The summed E-state index contributed by atoms with van der Waals surface area (Å²) >= 11 is 0. The molecule has 8 nitrogen and oxygen atoms in total. The van der Waals surface area contributed by atoms with Gasteiger partial charge in [0.2, 0.25) is 17.7 Å². The number of hydrogen-bond donors (Lipinski definition) is 2. The van der Waals surface area contributed by atoms with Gasteiger partial charge >= 0.3 is 0 Å². The molecule has 2 aromatic carbocycles. The zero-order chi connectivity index (χ0) is 27.8. The summed E-state index contributed by atoms with van der Waals surface area (Å²) in [5.74, 6) is -1.17. The Kier molecular flexibility index (Phi) is 7.25. The summed E-state index contributed by atoms with van der Waals surface area (Å²) in [6.45, 7) is 7.08. The number of amides is 3. The highest BCUT2D eigenvalue weighted by Crippen LogP contribution is 2.59.